The van der Waals surface area contributed by atoms with Crippen LogP contribution in [0.3, 0.4) is 0 Å². The van der Waals surface area contributed by atoms with Crippen molar-refractivity contribution < 1.29 is 4.74 Å². The monoisotopic (exact) mass is 378 g/mol. The minimum absolute atomic E-state index is 0.229. The van der Waals surface area contributed by atoms with E-state index in [-0.39, 0.29) is 6.04 Å². The van der Waals surface area contributed by atoms with Crippen LogP contribution < -0.4 is 5.32 Å². The zero-order valence-corrected chi connectivity index (χ0v) is 16.9. The molecule has 2 atom stereocenters. The Balaban J connectivity index is 1.72. The van der Waals surface area contributed by atoms with E-state index in [2.05, 4.69) is 48.3 Å². The van der Waals surface area contributed by atoms with Crippen molar-refractivity contribution in [1.29, 1.82) is 0 Å². The van der Waals surface area contributed by atoms with E-state index < -0.39 is 0 Å². The summed E-state index contributed by atoms with van der Waals surface area (Å²) in [6, 6.07) is 8.32. The maximum atomic E-state index is 6.04. The lowest BCUT2D eigenvalue weighted by Crippen LogP contribution is -2.42. The fourth-order valence-corrected chi connectivity index (χ4v) is 4.06. The topological polar surface area (TPSA) is 40.1 Å². The normalized spacial score (nSPS) is 24.7. The molecule has 0 amide bonds. The second-order valence-corrected chi connectivity index (χ2v) is 8.14. The number of ether oxygens (including phenoxy) is 1. The number of nitrogens with zero attached hydrogens (tertiary/aromatic N) is 3. The van der Waals surface area contributed by atoms with Gasteiger partial charge in [0.1, 0.15) is 0 Å². The Bertz CT molecular complexity index is 611. The number of likely N-dealkylation sites (N-methyl/N-ethyl adjacent to an activating group) is 1. The van der Waals surface area contributed by atoms with Crippen molar-refractivity contribution in [3.8, 4) is 0 Å². The van der Waals surface area contributed by atoms with Gasteiger partial charge in [0.15, 0.2) is 5.96 Å². The highest BCUT2D eigenvalue weighted by Crippen LogP contribution is 2.38. The Labute approximate surface area is 162 Å². The van der Waals surface area contributed by atoms with Crippen molar-refractivity contribution >= 4 is 17.6 Å². The molecule has 1 aromatic carbocycles. The molecule has 2 saturated heterocycles. The summed E-state index contributed by atoms with van der Waals surface area (Å²) in [5.74, 6) is 1.03. The number of guanidine groups is 1. The summed E-state index contributed by atoms with van der Waals surface area (Å²) in [5, 5.41) is 4.25. The van der Waals surface area contributed by atoms with Crippen LogP contribution >= 0.6 is 11.6 Å². The average molecular weight is 379 g/mol. The number of likely N-dealkylation sites (tertiary alicyclic amines) is 1. The molecule has 0 bridgehead atoms. The van der Waals surface area contributed by atoms with Crippen molar-refractivity contribution in [2.45, 2.75) is 25.8 Å². The van der Waals surface area contributed by atoms with Crippen LogP contribution in [-0.4, -0.2) is 69.2 Å². The van der Waals surface area contributed by atoms with E-state index in [0.717, 1.165) is 50.4 Å². The molecule has 1 N–H and O–H groups in total. The molecule has 0 aliphatic carbocycles. The number of aliphatic imine (C=N–C) groups is 1. The summed E-state index contributed by atoms with van der Waals surface area (Å²) in [6.45, 7) is 7.63. The molecular weight excluding hydrogens is 348 g/mol. The summed E-state index contributed by atoms with van der Waals surface area (Å²) >= 11 is 6.04. The molecule has 0 saturated carbocycles. The van der Waals surface area contributed by atoms with Gasteiger partial charge in [-0.2, -0.15) is 0 Å². The summed E-state index contributed by atoms with van der Waals surface area (Å²) in [4.78, 5) is 9.61. The molecule has 2 heterocycles. The van der Waals surface area contributed by atoms with Crippen LogP contribution in [0.1, 0.15) is 31.4 Å². The molecule has 3 rings (SSSR count). The SMILES string of the molecule is CCNC(=NCC(c1ccc(Cl)cc1)N(C)C)N1CCC2(CCOC2)C1. The van der Waals surface area contributed by atoms with Gasteiger partial charge in [-0.15, -0.1) is 0 Å². The Morgan fingerprint density at radius 1 is 1.35 bits per heavy atom. The van der Waals surface area contributed by atoms with Gasteiger partial charge in [0, 0.05) is 36.7 Å². The largest absolute Gasteiger partial charge is 0.381 e. The van der Waals surface area contributed by atoms with Crippen LogP contribution in [0.25, 0.3) is 0 Å². The van der Waals surface area contributed by atoms with Crippen LogP contribution in [0.2, 0.25) is 5.02 Å². The fourth-order valence-electron chi connectivity index (χ4n) is 3.94. The maximum absolute atomic E-state index is 6.04. The molecule has 1 aromatic rings. The lowest BCUT2D eigenvalue weighted by Gasteiger charge is -2.27. The van der Waals surface area contributed by atoms with Gasteiger partial charge >= 0.3 is 0 Å². The van der Waals surface area contributed by atoms with Crippen LogP contribution in [0.15, 0.2) is 29.3 Å². The van der Waals surface area contributed by atoms with Gasteiger partial charge in [0.25, 0.3) is 0 Å². The molecule has 144 valence electrons. The highest BCUT2D eigenvalue weighted by atomic mass is 35.5. The van der Waals surface area contributed by atoms with Gasteiger partial charge in [-0.3, -0.25) is 4.99 Å². The maximum Gasteiger partial charge on any atom is 0.194 e. The van der Waals surface area contributed by atoms with E-state index in [9.17, 15) is 0 Å². The van der Waals surface area contributed by atoms with Crippen LogP contribution in [0, 0.1) is 5.41 Å². The Morgan fingerprint density at radius 2 is 2.12 bits per heavy atom. The van der Waals surface area contributed by atoms with Crippen LogP contribution in [-0.2, 0) is 4.74 Å². The summed E-state index contributed by atoms with van der Waals surface area (Å²) in [6.07, 6.45) is 2.37. The van der Waals surface area contributed by atoms with E-state index in [1.54, 1.807) is 0 Å². The Morgan fingerprint density at radius 3 is 2.73 bits per heavy atom. The molecule has 0 aromatic heterocycles. The molecule has 2 fully saturated rings. The first-order valence-corrected chi connectivity index (χ1v) is 9.94. The summed E-state index contributed by atoms with van der Waals surface area (Å²) < 4.78 is 5.66. The predicted molar refractivity (Wildman–Crippen MR) is 108 cm³/mol. The first-order chi connectivity index (χ1) is 12.5. The van der Waals surface area contributed by atoms with E-state index in [1.165, 1.54) is 18.4 Å². The van der Waals surface area contributed by atoms with Gasteiger partial charge in [0.2, 0.25) is 0 Å². The highest BCUT2D eigenvalue weighted by molar-refractivity contribution is 6.30. The molecule has 0 radical (unpaired) electrons. The number of benzene rings is 1. The minimum Gasteiger partial charge on any atom is -0.381 e. The number of nitrogens with one attached hydrogen (secondary N) is 1. The third-order valence-electron chi connectivity index (χ3n) is 5.55. The second kappa shape index (κ2) is 8.59. The Kier molecular flexibility index (Phi) is 6.43. The van der Waals surface area contributed by atoms with Crippen molar-refractivity contribution in [2.24, 2.45) is 10.4 Å². The molecule has 2 aliphatic rings. The number of halogens is 1. The molecule has 1 spiro atoms. The van der Waals surface area contributed by atoms with Gasteiger partial charge in [-0.25, -0.2) is 0 Å². The number of hydrogen-bond donors (Lipinski definition) is 1. The average Bonchev–Trinajstić information content (AvgIpc) is 3.25. The van der Waals surface area contributed by atoms with Gasteiger partial charge in [-0.1, -0.05) is 23.7 Å². The molecule has 2 aliphatic heterocycles. The quantitative estimate of drug-likeness (QED) is 0.631. The van der Waals surface area contributed by atoms with E-state index >= 15 is 0 Å². The van der Waals surface area contributed by atoms with E-state index in [0.29, 0.717) is 5.41 Å². The molecule has 2 unspecified atom stereocenters. The van der Waals surface area contributed by atoms with Crippen molar-refractivity contribution in [3.63, 3.8) is 0 Å². The van der Waals surface area contributed by atoms with Crippen LogP contribution in [0.5, 0.6) is 0 Å². The standard InChI is InChI=1S/C20H31ClN4O/c1-4-22-19(25-11-9-20(14-25)10-12-26-15-20)23-13-18(24(2)3)16-5-7-17(21)8-6-16/h5-8,18H,4,9-15H2,1-3H3,(H,22,23). The zero-order chi connectivity index (χ0) is 18.6. The van der Waals surface area contributed by atoms with Crippen LogP contribution in [0.4, 0.5) is 0 Å². The number of rotatable bonds is 5. The van der Waals surface area contributed by atoms with E-state index in [4.69, 9.17) is 21.3 Å². The van der Waals surface area contributed by atoms with Crippen molar-refractivity contribution in [2.75, 3.05) is 53.5 Å². The molecule has 26 heavy (non-hydrogen) atoms. The fraction of sp³-hybridized carbons (Fsp3) is 0.650. The molecule has 5 nitrogen and oxygen atoms in total. The van der Waals surface area contributed by atoms with E-state index in [1.807, 2.05) is 12.1 Å². The lowest BCUT2D eigenvalue weighted by molar-refractivity contribution is 0.156. The van der Waals surface area contributed by atoms with Crippen molar-refractivity contribution in [3.05, 3.63) is 34.9 Å². The summed E-state index contributed by atoms with van der Waals surface area (Å²) in [5.41, 5.74) is 1.58. The van der Waals surface area contributed by atoms with Gasteiger partial charge in [0.05, 0.1) is 19.2 Å². The lowest BCUT2D eigenvalue weighted by atomic mass is 9.87. The molecule has 6 heteroatoms. The van der Waals surface area contributed by atoms with Gasteiger partial charge in [-0.05, 0) is 51.6 Å². The minimum atomic E-state index is 0.229. The first-order valence-electron chi connectivity index (χ1n) is 9.56. The van der Waals surface area contributed by atoms with Crippen molar-refractivity contribution in [1.82, 2.24) is 15.1 Å². The second-order valence-electron chi connectivity index (χ2n) is 7.70. The predicted octanol–water partition coefficient (Wildman–Crippen LogP) is 3.02. The smallest absolute Gasteiger partial charge is 0.194 e. The zero-order valence-electron chi connectivity index (χ0n) is 16.2. The highest BCUT2D eigenvalue weighted by Gasteiger charge is 2.42. The number of hydrogen-bond acceptors (Lipinski definition) is 3. The Hall–Kier alpha value is -1.30. The van der Waals surface area contributed by atoms with Gasteiger partial charge < -0.3 is 19.9 Å². The third-order valence-corrected chi connectivity index (χ3v) is 5.80. The summed E-state index contributed by atoms with van der Waals surface area (Å²) in [7, 11) is 4.20. The third kappa shape index (κ3) is 4.51. The first kappa shape index (κ1) is 19.5. The molecular formula is C20H31ClN4O.